The smallest absolute Gasteiger partial charge is 0.266 e. The van der Waals surface area contributed by atoms with Gasteiger partial charge < -0.3 is 4.74 Å². The van der Waals surface area contributed by atoms with Gasteiger partial charge in [-0.2, -0.15) is 5.26 Å². The molecule has 0 fully saturated rings. The summed E-state index contributed by atoms with van der Waals surface area (Å²) in [6.07, 6.45) is -0.673. The number of nitrogens with one attached hydrogen (secondary N) is 1. The monoisotopic (exact) mass is 287 g/mol. The van der Waals surface area contributed by atoms with Crippen LogP contribution in [0.3, 0.4) is 0 Å². The van der Waals surface area contributed by atoms with E-state index in [4.69, 9.17) is 10.00 Å². The second-order valence-corrected chi connectivity index (χ2v) is 5.04. The van der Waals surface area contributed by atoms with Crippen molar-refractivity contribution in [2.24, 2.45) is 0 Å². The fourth-order valence-electron chi connectivity index (χ4n) is 1.52. The lowest BCUT2D eigenvalue weighted by Gasteiger charge is -2.13. The first-order valence-electron chi connectivity index (χ1n) is 5.98. The number of thiazole rings is 1. The number of benzene rings is 1. The molecule has 0 aliphatic heterocycles. The number of aromatic nitrogens is 1. The fraction of sp³-hybridized carbons (Fsp3) is 0.214. The number of ether oxygens (including phenoxy) is 1. The van der Waals surface area contributed by atoms with Gasteiger partial charge in [-0.05, 0) is 32.0 Å². The van der Waals surface area contributed by atoms with Gasteiger partial charge in [-0.3, -0.25) is 10.1 Å². The first-order valence-corrected chi connectivity index (χ1v) is 6.86. The van der Waals surface area contributed by atoms with Crippen LogP contribution in [0.2, 0.25) is 0 Å². The zero-order valence-corrected chi connectivity index (χ0v) is 11.9. The molecule has 1 aromatic carbocycles. The summed E-state index contributed by atoms with van der Waals surface area (Å²) in [6.45, 7) is 3.51. The normalized spacial score (nSPS) is 11.4. The number of hydrogen-bond donors (Lipinski definition) is 1. The second-order valence-electron chi connectivity index (χ2n) is 4.18. The minimum atomic E-state index is -0.673. The molecule has 0 radical (unpaired) electrons. The molecule has 1 heterocycles. The molecule has 0 bridgehead atoms. The summed E-state index contributed by atoms with van der Waals surface area (Å²) in [7, 11) is 0. The zero-order chi connectivity index (χ0) is 14.5. The van der Waals surface area contributed by atoms with Crippen LogP contribution in [0.25, 0.3) is 0 Å². The van der Waals surface area contributed by atoms with Crippen molar-refractivity contribution in [3.05, 3.63) is 40.9 Å². The van der Waals surface area contributed by atoms with E-state index in [0.717, 1.165) is 5.69 Å². The molecule has 1 unspecified atom stereocenters. The van der Waals surface area contributed by atoms with Gasteiger partial charge in [0.2, 0.25) is 0 Å². The summed E-state index contributed by atoms with van der Waals surface area (Å²) in [4.78, 5) is 16.1. The van der Waals surface area contributed by atoms with Crippen molar-refractivity contribution < 1.29 is 9.53 Å². The predicted octanol–water partition coefficient (Wildman–Crippen LogP) is 2.73. The minimum absolute atomic E-state index is 0.276. The van der Waals surface area contributed by atoms with Crippen LogP contribution in [-0.4, -0.2) is 17.0 Å². The fourth-order valence-corrected chi connectivity index (χ4v) is 2.21. The number of nitrogens with zero attached hydrogens (tertiary/aromatic N) is 2. The van der Waals surface area contributed by atoms with Crippen LogP contribution in [0.1, 0.15) is 18.2 Å². The molecule has 0 aliphatic carbocycles. The standard InChI is InChI=1S/C14H13N3O2S/c1-9-8-20-14(16-9)17-13(18)10(2)19-12-5-3-4-11(6-12)7-15/h3-6,8,10H,1-2H3,(H,16,17,18). The minimum Gasteiger partial charge on any atom is -0.481 e. The Morgan fingerprint density at radius 2 is 2.35 bits per heavy atom. The molecule has 0 saturated heterocycles. The molecule has 0 saturated carbocycles. The zero-order valence-electron chi connectivity index (χ0n) is 11.1. The van der Waals surface area contributed by atoms with Gasteiger partial charge in [-0.1, -0.05) is 6.07 Å². The van der Waals surface area contributed by atoms with Crippen LogP contribution in [0.15, 0.2) is 29.6 Å². The van der Waals surface area contributed by atoms with Crippen LogP contribution in [0, 0.1) is 18.3 Å². The Morgan fingerprint density at radius 1 is 1.55 bits per heavy atom. The highest BCUT2D eigenvalue weighted by Gasteiger charge is 2.16. The van der Waals surface area contributed by atoms with Gasteiger partial charge >= 0.3 is 0 Å². The molecule has 5 nitrogen and oxygen atoms in total. The van der Waals surface area contributed by atoms with E-state index in [-0.39, 0.29) is 5.91 Å². The summed E-state index contributed by atoms with van der Waals surface area (Å²) < 4.78 is 5.51. The number of rotatable bonds is 4. The topological polar surface area (TPSA) is 75.0 Å². The van der Waals surface area contributed by atoms with Crippen molar-refractivity contribution >= 4 is 22.4 Å². The summed E-state index contributed by atoms with van der Waals surface area (Å²) in [6, 6.07) is 8.71. The number of carbonyl (C=O) groups excluding carboxylic acids is 1. The van der Waals surface area contributed by atoms with Crippen molar-refractivity contribution in [1.29, 1.82) is 5.26 Å². The molecule has 0 spiro atoms. The maximum absolute atomic E-state index is 11.9. The number of amides is 1. The van der Waals surface area contributed by atoms with Crippen LogP contribution in [0.5, 0.6) is 5.75 Å². The summed E-state index contributed by atoms with van der Waals surface area (Å²) in [5.41, 5.74) is 1.35. The Labute approximate surface area is 120 Å². The summed E-state index contributed by atoms with van der Waals surface area (Å²) in [5.74, 6) is 0.212. The van der Waals surface area contributed by atoms with Gasteiger partial charge in [-0.25, -0.2) is 4.98 Å². The van der Waals surface area contributed by atoms with Crippen LogP contribution < -0.4 is 10.1 Å². The van der Waals surface area contributed by atoms with E-state index in [2.05, 4.69) is 10.3 Å². The molecule has 1 aromatic heterocycles. The van der Waals surface area contributed by atoms with E-state index in [0.29, 0.717) is 16.4 Å². The third kappa shape index (κ3) is 3.56. The quantitative estimate of drug-likeness (QED) is 0.938. The lowest BCUT2D eigenvalue weighted by molar-refractivity contribution is -0.122. The highest BCUT2D eigenvalue weighted by Crippen LogP contribution is 2.17. The predicted molar refractivity (Wildman–Crippen MR) is 76.7 cm³/mol. The maximum Gasteiger partial charge on any atom is 0.266 e. The third-order valence-corrected chi connectivity index (χ3v) is 3.37. The Morgan fingerprint density at radius 3 is 3.00 bits per heavy atom. The highest BCUT2D eigenvalue weighted by molar-refractivity contribution is 7.13. The highest BCUT2D eigenvalue weighted by atomic mass is 32.1. The van der Waals surface area contributed by atoms with Crippen molar-refractivity contribution in [1.82, 2.24) is 4.98 Å². The van der Waals surface area contributed by atoms with Gasteiger partial charge in [-0.15, -0.1) is 11.3 Å². The van der Waals surface area contributed by atoms with Gasteiger partial charge in [0.1, 0.15) is 5.75 Å². The van der Waals surface area contributed by atoms with Gasteiger partial charge in [0.05, 0.1) is 17.3 Å². The maximum atomic E-state index is 11.9. The molecular weight excluding hydrogens is 274 g/mol. The van der Waals surface area contributed by atoms with E-state index < -0.39 is 6.10 Å². The summed E-state index contributed by atoms with van der Waals surface area (Å²) in [5, 5.41) is 13.9. The number of anilines is 1. The third-order valence-electron chi connectivity index (χ3n) is 2.49. The first kappa shape index (κ1) is 14.0. The number of aryl methyl sites for hydroxylation is 1. The Bertz CT molecular complexity index is 660. The molecule has 1 atom stereocenters. The Kier molecular flexibility index (Phi) is 4.33. The SMILES string of the molecule is Cc1csc(NC(=O)C(C)Oc2cccc(C#N)c2)n1. The largest absolute Gasteiger partial charge is 0.481 e. The van der Waals surface area contributed by atoms with E-state index in [1.54, 1.807) is 31.2 Å². The lowest BCUT2D eigenvalue weighted by atomic mass is 10.2. The van der Waals surface area contributed by atoms with Crippen molar-refractivity contribution in [3.63, 3.8) is 0 Å². The lowest BCUT2D eigenvalue weighted by Crippen LogP contribution is -2.30. The Hall–Kier alpha value is -2.39. The van der Waals surface area contributed by atoms with Crippen LogP contribution in [-0.2, 0) is 4.79 Å². The average Bonchev–Trinajstić information content (AvgIpc) is 2.84. The van der Waals surface area contributed by atoms with Crippen molar-refractivity contribution in [3.8, 4) is 11.8 Å². The van der Waals surface area contributed by atoms with E-state index in [1.807, 2.05) is 18.4 Å². The number of carbonyl (C=O) groups is 1. The molecule has 102 valence electrons. The van der Waals surface area contributed by atoms with Crippen molar-refractivity contribution in [2.75, 3.05) is 5.32 Å². The summed E-state index contributed by atoms with van der Waals surface area (Å²) >= 11 is 1.37. The van der Waals surface area contributed by atoms with Crippen molar-refractivity contribution in [2.45, 2.75) is 20.0 Å². The molecule has 2 aromatic rings. The molecule has 2 rings (SSSR count). The van der Waals surface area contributed by atoms with Gasteiger partial charge in [0, 0.05) is 5.38 Å². The molecule has 20 heavy (non-hydrogen) atoms. The number of hydrogen-bond acceptors (Lipinski definition) is 5. The van der Waals surface area contributed by atoms with E-state index >= 15 is 0 Å². The van der Waals surface area contributed by atoms with Crippen LogP contribution >= 0.6 is 11.3 Å². The molecule has 1 amide bonds. The second kappa shape index (κ2) is 6.17. The molecule has 6 heteroatoms. The number of nitriles is 1. The van der Waals surface area contributed by atoms with Gasteiger partial charge in [0.15, 0.2) is 11.2 Å². The average molecular weight is 287 g/mol. The molecular formula is C14H13N3O2S. The first-order chi connectivity index (χ1) is 9.58. The molecule has 1 N–H and O–H groups in total. The molecule has 0 aliphatic rings. The van der Waals surface area contributed by atoms with E-state index in [1.165, 1.54) is 11.3 Å². The Balaban J connectivity index is 1.98. The van der Waals surface area contributed by atoms with E-state index in [9.17, 15) is 4.79 Å². The van der Waals surface area contributed by atoms with Gasteiger partial charge in [0.25, 0.3) is 5.91 Å². The van der Waals surface area contributed by atoms with Crippen LogP contribution in [0.4, 0.5) is 5.13 Å².